The summed E-state index contributed by atoms with van der Waals surface area (Å²) in [5.74, 6) is -0.933. The molecule has 0 N–H and O–H groups in total. The van der Waals surface area contributed by atoms with E-state index in [0.29, 0.717) is 12.8 Å². The lowest BCUT2D eigenvalue weighted by Gasteiger charge is -2.18. The Balaban J connectivity index is 4.36. The van der Waals surface area contributed by atoms with Crippen LogP contribution in [-0.4, -0.2) is 37.2 Å². The van der Waals surface area contributed by atoms with Crippen molar-refractivity contribution in [3.8, 4) is 0 Å². The molecule has 1 atom stereocenters. The Morgan fingerprint density at radius 2 is 0.526 bits per heavy atom. The maximum Gasteiger partial charge on any atom is 0.306 e. The van der Waals surface area contributed by atoms with Gasteiger partial charge in [-0.1, -0.05) is 272 Å². The normalized spacial score (nSPS) is 12.7. The first-order valence-electron chi connectivity index (χ1n) is 32.2. The van der Waals surface area contributed by atoms with E-state index < -0.39 is 6.10 Å². The molecule has 1 unspecified atom stereocenters. The monoisotopic (exact) mass is 1060 g/mol. The van der Waals surface area contributed by atoms with Crippen LogP contribution in [0, 0.1) is 0 Å². The van der Waals surface area contributed by atoms with E-state index in [9.17, 15) is 14.4 Å². The van der Waals surface area contributed by atoms with Gasteiger partial charge in [-0.25, -0.2) is 0 Å². The van der Waals surface area contributed by atoms with Gasteiger partial charge in [0.1, 0.15) is 13.2 Å². The quantitative estimate of drug-likeness (QED) is 0.0261. The minimum atomic E-state index is -0.803. The van der Waals surface area contributed by atoms with Crippen molar-refractivity contribution in [2.75, 3.05) is 13.2 Å². The first-order valence-corrected chi connectivity index (χ1v) is 32.2. The molecule has 76 heavy (non-hydrogen) atoms. The molecule has 0 bridgehead atoms. The van der Waals surface area contributed by atoms with Crippen molar-refractivity contribution in [2.24, 2.45) is 0 Å². The summed E-state index contributed by atoms with van der Waals surface area (Å²) in [6.07, 6.45) is 85.6. The summed E-state index contributed by atoms with van der Waals surface area (Å²) in [7, 11) is 0. The number of rotatable bonds is 58. The van der Waals surface area contributed by atoms with Crippen LogP contribution < -0.4 is 0 Å². The first-order chi connectivity index (χ1) is 37.5. The number of carbonyl (C=O) groups is 3. The summed E-state index contributed by atoms with van der Waals surface area (Å²) in [6.45, 7) is 6.47. The second kappa shape index (κ2) is 63.9. The third-order valence-corrected chi connectivity index (χ3v) is 13.8. The van der Waals surface area contributed by atoms with Gasteiger partial charge in [0.25, 0.3) is 0 Å². The highest BCUT2D eigenvalue weighted by Crippen LogP contribution is 2.16. The number of hydrogen-bond donors (Lipinski definition) is 0. The Morgan fingerprint density at radius 1 is 0.276 bits per heavy atom. The van der Waals surface area contributed by atoms with Gasteiger partial charge in [0.15, 0.2) is 6.10 Å². The molecule has 0 fully saturated rings. The smallest absolute Gasteiger partial charge is 0.306 e. The molecule has 0 aliphatic rings. The third-order valence-electron chi connectivity index (χ3n) is 13.8. The Bertz CT molecular complexity index is 1490. The number of esters is 3. The lowest BCUT2D eigenvalue weighted by molar-refractivity contribution is -0.167. The van der Waals surface area contributed by atoms with E-state index in [2.05, 4.69) is 118 Å². The summed E-state index contributed by atoms with van der Waals surface area (Å²) in [4.78, 5) is 38.3. The minimum Gasteiger partial charge on any atom is -0.462 e. The molecule has 0 aliphatic heterocycles. The zero-order chi connectivity index (χ0) is 55.0. The van der Waals surface area contributed by atoms with Crippen molar-refractivity contribution < 1.29 is 28.6 Å². The maximum absolute atomic E-state index is 12.9. The van der Waals surface area contributed by atoms with Crippen LogP contribution in [0.2, 0.25) is 0 Å². The molecule has 0 aromatic rings. The average Bonchev–Trinajstić information content (AvgIpc) is 3.42. The third kappa shape index (κ3) is 61.2. The van der Waals surface area contributed by atoms with Crippen LogP contribution >= 0.6 is 0 Å². The van der Waals surface area contributed by atoms with Crippen LogP contribution in [0.25, 0.3) is 0 Å². The molecule has 6 heteroatoms. The topological polar surface area (TPSA) is 78.9 Å². The zero-order valence-corrected chi connectivity index (χ0v) is 50.0. The van der Waals surface area contributed by atoms with Crippen molar-refractivity contribution >= 4 is 17.9 Å². The highest BCUT2D eigenvalue weighted by Gasteiger charge is 2.19. The van der Waals surface area contributed by atoms with Crippen LogP contribution in [0.4, 0.5) is 0 Å². The van der Waals surface area contributed by atoms with E-state index in [-0.39, 0.29) is 37.5 Å². The molecule has 0 aliphatic carbocycles. The number of unbranched alkanes of at least 4 members (excludes halogenated alkanes) is 31. The van der Waals surface area contributed by atoms with E-state index in [1.807, 2.05) is 0 Å². The Hall–Kier alpha value is -3.67. The standard InChI is InChI=1S/C70H120O6/c1-4-7-10-13-16-19-22-25-28-30-32-33-34-35-36-37-39-40-42-45-48-51-54-57-60-63-69(72)75-66-67(65-74-68(71)62-59-56-53-50-47-44-27-24-21-18-15-12-9-6-3)76-70(73)64-61-58-55-52-49-46-43-41-38-31-29-26-23-20-17-14-11-8-5-2/h8,11,15,17-18,20,24,26-27,29-30,32,38,41,46,49,67H,4-7,9-10,12-14,16,19,21-23,25,28,31,33-37,39-40,42-45,47-48,50-66H2,1-3H3/b11-8-,18-15-,20-17-,27-24-,29-26-,32-30-,41-38-,49-46-. The molecule has 0 aromatic carbocycles. The van der Waals surface area contributed by atoms with Crippen molar-refractivity contribution in [1.82, 2.24) is 0 Å². The van der Waals surface area contributed by atoms with E-state index >= 15 is 0 Å². The van der Waals surface area contributed by atoms with E-state index in [4.69, 9.17) is 14.2 Å². The van der Waals surface area contributed by atoms with Crippen molar-refractivity contribution in [2.45, 2.75) is 316 Å². The molecule has 436 valence electrons. The summed E-state index contributed by atoms with van der Waals surface area (Å²) in [5.41, 5.74) is 0. The van der Waals surface area contributed by atoms with Crippen LogP contribution in [-0.2, 0) is 28.6 Å². The predicted molar refractivity (Wildman–Crippen MR) is 330 cm³/mol. The van der Waals surface area contributed by atoms with E-state index in [1.165, 1.54) is 148 Å². The molecular weight excluding hydrogens is 937 g/mol. The first kappa shape index (κ1) is 72.3. The van der Waals surface area contributed by atoms with Crippen molar-refractivity contribution in [1.29, 1.82) is 0 Å². The van der Waals surface area contributed by atoms with E-state index in [0.717, 1.165) is 122 Å². The number of hydrogen-bond acceptors (Lipinski definition) is 6. The highest BCUT2D eigenvalue weighted by molar-refractivity contribution is 5.71. The summed E-state index contributed by atoms with van der Waals surface area (Å²) >= 11 is 0. The van der Waals surface area contributed by atoms with Gasteiger partial charge in [-0.2, -0.15) is 0 Å². The fourth-order valence-electron chi connectivity index (χ4n) is 8.95. The SMILES string of the molecule is CC/C=C\C/C=C\C/C=C\C/C=C\C/C=C\CCCCCC(=O)OC(COC(=O)CCCCCCC/C=C\C/C=C\CCCC)COC(=O)CCCCCCCCCCCCCCC/C=C\CCCCCCCCCC. The van der Waals surface area contributed by atoms with Crippen LogP contribution in [0.1, 0.15) is 310 Å². The predicted octanol–water partition coefficient (Wildman–Crippen LogP) is 22.0. The van der Waals surface area contributed by atoms with Gasteiger partial charge in [-0.3, -0.25) is 14.4 Å². The van der Waals surface area contributed by atoms with Gasteiger partial charge in [-0.05, 0) is 116 Å². The minimum absolute atomic E-state index is 0.0949. The summed E-state index contributed by atoms with van der Waals surface area (Å²) < 4.78 is 16.9. The number of carbonyl (C=O) groups excluding carboxylic acids is 3. The molecule has 0 saturated heterocycles. The van der Waals surface area contributed by atoms with Crippen LogP contribution in [0.15, 0.2) is 97.2 Å². The van der Waals surface area contributed by atoms with Crippen molar-refractivity contribution in [3.63, 3.8) is 0 Å². The summed E-state index contributed by atoms with van der Waals surface area (Å²) in [5, 5.41) is 0. The molecule has 0 heterocycles. The van der Waals surface area contributed by atoms with E-state index in [1.54, 1.807) is 0 Å². The molecule has 0 saturated carbocycles. The fourth-order valence-corrected chi connectivity index (χ4v) is 8.95. The lowest BCUT2D eigenvalue weighted by Crippen LogP contribution is -2.30. The maximum atomic E-state index is 12.9. The van der Waals surface area contributed by atoms with Gasteiger partial charge in [0, 0.05) is 19.3 Å². The lowest BCUT2D eigenvalue weighted by atomic mass is 10.0. The Labute approximate surface area is 470 Å². The molecule has 0 rings (SSSR count). The molecule has 6 nitrogen and oxygen atoms in total. The molecule has 0 amide bonds. The Kier molecular flexibility index (Phi) is 60.8. The second-order valence-corrected chi connectivity index (χ2v) is 21.3. The van der Waals surface area contributed by atoms with Gasteiger partial charge in [-0.15, -0.1) is 0 Å². The molecule has 0 radical (unpaired) electrons. The van der Waals surface area contributed by atoms with Crippen LogP contribution in [0.5, 0.6) is 0 Å². The van der Waals surface area contributed by atoms with Gasteiger partial charge >= 0.3 is 17.9 Å². The second-order valence-electron chi connectivity index (χ2n) is 21.3. The highest BCUT2D eigenvalue weighted by atomic mass is 16.6. The molecule has 0 spiro atoms. The molecular formula is C70H120O6. The number of allylic oxidation sites excluding steroid dienone is 16. The Morgan fingerprint density at radius 3 is 0.868 bits per heavy atom. The van der Waals surface area contributed by atoms with Gasteiger partial charge in [0.2, 0.25) is 0 Å². The largest absolute Gasteiger partial charge is 0.462 e. The summed E-state index contributed by atoms with van der Waals surface area (Å²) in [6, 6.07) is 0. The number of ether oxygens (including phenoxy) is 3. The average molecular weight is 1060 g/mol. The van der Waals surface area contributed by atoms with Crippen LogP contribution in [0.3, 0.4) is 0 Å². The van der Waals surface area contributed by atoms with Gasteiger partial charge in [0.05, 0.1) is 0 Å². The van der Waals surface area contributed by atoms with Crippen molar-refractivity contribution in [3.05, 3.63) is 97.2 Å². The molecule has 0 aromatic heterocycles. The fraction of sp³-hybridized carbons (Fsp3) is 0.729. The van der Waals surface area contributed by atoms with Gasteiger partial charge < -0.3 is 14.2 Å². The zero-order valence-electron chi connectivity index (χ0n) is 50.0.